The number of aromatic nitrogens is 4. The molecule has 0 saturated carbocycles. The first-order valence-corrected chi connectivity index (χ1v) is 7.78. The normalized spacial score (nSPS) is 10.6. The van der Waals surface area contributed by atoms with Crippen molar-refractivity contribution in [1.82, 2.24) is 19.2 Å². The second kappa shape index (κ2) is 6.07. The lowest BCUT2D eigenvalue weighted by atomic mass is 10.2. The quantitative estimate of drug-likeness (QED) is 0.492. The molecular formula is C18H14N8. The summed E-state index contributed by atoms with van der Waals surface area (Å²) < 4.78 is 3.27. The minimum absolute atomic E-state index is 0.180. The summed E-state index contributed by atoms with van der Waals surface area (Å²) in [4.78, 5) is 8.75. The highest BCUT2D eigenvalue weighted by molar-refractivity contribution is 5.71. The zero-order valence-corrected chi connectivity index (χ0v) is 13.6. The Bertz CT molecular complexity index is 1180. The average Bonchev–Trinajstić information content (AvgIpc) is 3.11. The van der Waals surface area contributed by atoms with E-state index in [0.717, 1.165) is 11.4 Å². The third-order valence-electron chi connectivity index (χ3n) is 3.94. The molecule has 4 rings (SSSR count). The molecular weight excluding hydrogens is 328 g/mol. The van der Waals surface area contributed by atoms with Gasteiger partial charge in [-0.15, -0.1) is 0 Å². The maximum absolute atomic E-state index is 8.91. The van der Waals surface area contributed by atoms with E-state index in [1.54, 1.807) is 35.2 Å². The van der Waals surface area contributed by atoms with Crippen molar-refractivity contribution in [3.05, 3.63) is 72.2 Å². The van der Waals surface area contributed by atoms with Gasteiger partial charge < -0.3 is 5.73 Å². The molecule has 0 unspecified atom stereocenters. The van der Waals surface area contributed by atoms with E-state index in [9.17, 15) is 0 Å². The second-order valence-corrected chi connectivity index (χ2v) is 5.64. The topological polar surface area (TPSA) is 121 Å². The van der Waals surface area contributed by atoms with Crippen LogP contribution in [0.25, 0.3) is 16.9 Å². The molecule has 0 saturated heterocycles. The molecule has 0 spiro atoms. The Morgan fingerprint density at radius 2 is 1.73 bits per heavy atom. The Labute approximate surface area is 148 Å². The molecule has 0 fully saturated rings. The van der Waals surface area contributed by atoms with E-state index < -0.39 is 0 Å². The summed E-state index contributed by atoms with van der Waals surface area (Å²) >= 11 is 0. The molecule has 0 radical (unpaired) electrons. The summed E-state index contributed by atoms with van der Waals surface area (Å²) in [5, 5.41) is 17.3. The molecule has 0 bridgehead atoms. The van der Waals surface area contributed by atoms with E-state index in [1.807, 2.05) is 24.3 Å². The predicted octanol–water partition coefficient (Wildman–Crippen LogP) is 2.03. The average molecular weight is 342 g/mol. The maximum atomic E-state index is 8.91. The number of rotatable bonds is 3. The number of anilines is 2. The molecule has 26 heavy (non-hydrogen) atoms. The fourth-order valence-electron chi connectivity index (χ4n) is 2.58. The zero-order valence-electron chi connectivity index (χ0n) is 13.6. The molecule has 4 aromatic rings. The van der Waals surface area contributed by atoms with Gasteiger partial charge in [0, 0.05) is 11.4 Å². The molecule has 0 aliphatic carbocycles. The van der Waals surface area contributed by atoms with Crippen LogP contribution in [0.4, 0.5) is 11.4 Å². The highest BCUT2D eigenvalue weighted by Gasteiger charge is 2.10. The molecule has 2 heterocycles. The van der Waals surface area contributed by atoms with Gasteiger partial charge in [-0.1, -0.05) is 0 Å². The minimum atomic E-state index is 0.180. The first-order valence-electron chi connectivity index (χ1n) is 7.78. The van der Waals surface area contributed by atoms with Crippen LogP contribution in [0.5, 0.6) is 0 Å². The van der Waals surface area contributed by atoms with E-state index in [0.29, 0.717) is 22.4 Å². The van der Waals surface area contributed by atoms with Crippen LogP contribution in [0.3, 0.4) is 0 Å². The number of benzene rings is 2. The lowest BCUT2D eigenvalue weighted by Gasteiger charge is -2.10. The van der Waals surface area contributed by atoms with Gasteiger partial charge >= 0.3 is 0 Å². The van der Waals surface area contributed by atoms with Gasteiger partial charge in [-0.25, -0.2) is 14.6 Å². The van der Waals surface area contributed by atoms with Crippen LogP contribution in [0, 0.1) is 16.7 Å². The number of nitrogens with two attached hydrogens (primary N) is 1. The van der Waals surface area contributed by atoms with E-state index >= 15 is 0 Å². The van der Waals surface area contributed by atoms with Gasteiger partial charge in [0.1, 0.15) is 12.7 Å². The third kappa shape index (κ3) is 2.63. The summed E-state index contributed by atoms with van der Waals surface area (Å²) in [6.07, 6.45) is 3.15. The van der Waals surface area contributed by atoms with Crippen LogP contribution in [0.1, 0.15) is 5.56 Å². The lowest BCUT2D eigenvalue weighted by molar-refractivity contribution is 0.833. The monoisotopic (exact) mass is 342 g/mol. The van der Waals surface area contributed by atoms with Crippen molar-refractivity contribution >= 4 is 22.5 Å². The van der Waals surface area contributed by atoms with Crippen molar-refractivity contribution in [1.29, 1.82) is 10.7 Å². The summed E-state index contributed by atoms with van der Waals surface area (Å²) in [5.74, 6) is 0. The molecule has 0 atom stereocenters. The van der Waals surface area contributed by atoms with Gasteiger partial charge in [0.2, 0.25) is 0 Å². The van der Waals surface area contributed by atoms with Gasteiger partial charge in [0.15, 0.2) is 16.7 Å². The van der Waals surface area contributed by atoms with Crippen molar-refractivity contribution in [3.8, 4) is 11.8 Å². The first-order chi connectivity index (χ1) is 12.7. The number of hydrogen-bond acceptors (Lipinski definition) is 6. The lowest BCUT2D eigenvalue weighted by Crippen LogP contribution is -2.27. The fraction of sp³-hybridized carbons (Fsp3) is 0. The molecule has 8 nitrogen and oxygen atoms in total. The van der Waals surface area contributed by atoms with Gasteiger partial charge in [-0.3, -0.25) is 15.4 Å². The number of nitrogens with one attached hydrogen (secondary N) is 2. The SMILES string of the molecule is N#Cc1ccc(-n2cnc3c(=N)n(Nc4ccc(N)cc4)cnc32)cc1. The largest absolute Gasteiger partial charge is 0.399 e. The van der Waals surface area contributed by atoms with E-state index in [1.165, 1.54) is 11.0 Å². The smallest absolute Gasteiger partial charge is 0.175 e. The van der Waals surface area contributed by atoms with Crippen molar-refractivity contribution in [2.45, 2.75) is 0 Å². The Morgan fingerprint density at radius 3 is 2.42 bits per heavy atom. The van der Waals surface area contributed by atoms with E-state index in [4.69, 9.17) is 16.4 Å². The third-order valence-corrected chi connectivity index (χ3v) is 3.94. The number of nitriles is 1. The molecule has 2 aromatic carbocycles. The predicted molar refractivity (Wildman–Crippen MR) is 97.3 cm³/mol. The van der Waals surface area contributed by atoms with Gasteiger partial charge in [-0.05, 0) is 48.5 Å². The summed E-state index contributed by atoms with van der Waals surface area (Å²) in [6, 6.07) is 16.4. The number of fused-ring (bicyclic) bond motifs is 1. The summed E-state index contributed by atoms with van der Waals surface area (Å²) in [7, 11) is 0. The number of nitrogen functional groups attached to an aromatic ring is 1. The van der Waals surface area contributed by atoms with Gasteiger partial charge in [0.05, 0.1) is 17.3 Å². The van der Waals surface area contributed by atoms with E-state index in [-0.39, 0.29) is 5.49 Å². The van der Waals surface area contributed by atoms with E-state index in [2.05, 4.69) is 21.5 Å². The van der Waals surface area contributed by atoms with Crippen LogP contribution in [-0.2, 0) is 0 Å². The molecule has 0 aliphatic heterocycles. The number of nitrogens with zero attached hydrogens (tertiary/aromatic N) is 5. The second-order valence-electron chi connectivity index (χ2n) is 5.64. The van der Waals surface area contributed by atoms with Crippen LogP contribution < -0.4 is 16.6 Å². The highest BCUT2D eigenvalue weighted by Crippen LogP contribution is 2.15. The summed E-state index contributed by atoms with van der Waals surface area (Å²) in [6.45, 7) is 0. The number of imidazole rings is 1. The van der Waals surface area contributed by atoms with Crippen molar-refractivity contribution in [2.75, 3.05) is 11.2 Å². The van der Waals surface area contributed by atoms with Gasteiger partial charge in [-0.2, -0.15) is 5.26 Å². The maximum Gasteiger partial charge on any atom is 0.175 e. The van der Waals surface area contributed by atoms with Crippen LogP contribution in [0.2, 0.25) is 0 Å². The minimum Gasteiger partial charge on any atom is -0.399 e. The summed E-state index contributed by atoms with van der Waals surface area (Å²) in [5.41, 5.74) is 12.8. The first kappa shape index (κ1) is 15.4. The van der Waals surface area contributed by atoms with Crippen LogP contribution in [0.15, 0.2) is 61.2 Å². The van der Waals surface area contributed by atoms with Crippen LogP contribution >= 0.6 is 0 Å². The fourth-order valence-corrected chi connectivity index (χ4v) is 2.58. The Kier molecular flexibility index (Phi) is 3.60. The van der Waals surface area contributed by atoms with Crippen LogP contribution in [-0.4, -0.2) is 19.2 Å². The molecule has 8 heteroatoms. The zero-order chi connectivity index (χ0) is 18.1. The molecule has 126 valence electrons. The molecule has 4 N–H and O–H groups in total. The van der Waals surface area contributed by atoms with Crippen molar-refractivity contribution in [2.24, 2.45) is 0 Å². The highest BCUT2D eigenvalue weighted by atomic mass is 15.4. The molecule has 0 aliphatic rings. The van der Waals surface area contributed by atoms with Crippen molar-refractivity contribution in [3.63, 3.8) is 0 Å². The molecule has 2 aromatic heterocycles. The Balaban J connectivity index is 1.74. The number of hydrogen-bond donors (Lipinski definition) is 3. The molecule has 0 amide bonds. The standard InChI is InChI=1S/C18H14N8/c19-9-12-1-7-15(8-2-12)25-10-22-16-17(21)26(11-23-18(16)25)24-14-5-3-13(20)4-6-14/h1-8,10-11,21,24H,20H2. The van der Waals surface area contributed by atoms with Crippen molar-refractivity contribution < 1.29 is 0 Å². The Hall–Kier alpha value is -4.12. The Morgan fingerprint density at radius 1 is 1.00 bits per heavy atom. The van der Waals surface area contributed by atoms with Gasteiger partial charge in [0.25, 0.3) is 0 Å².